The molecule has 2 aromatic carbocycles. The van der Waals surface area contributed by atoms with Crippen molar-refractivity contribution >= 4 is 23.2 Å². The highest BCUT2D eigenvalue weighted by molar-refractivity contribution is 6.35. The standard InChI is InChI=1S/C14H10N2O2.ClH/c15-11-7-3-4-8-12(11)16-13(17)9-5-1-2-6-10(9)14(16)18;/h1-8H,15H2;1H/p-1. The Bertz CT molecular complexity index is 635. The summed E-state index contributed by atoms with van der Waals surface area (Å²) in [6, 6.07) is 13.6. The molecule has 4 nitrogen and oxygen atoms in total. The average molecular weight is 274 g/mol. The van der Waals surface area contributed by atoms with Gasteiger partial charge in [0.2, 0.25) is 0 Å². The number of anilines is 2. The highest BCUT2D eigenvalue weighted by atomic mass is 35.5. The topological polar surface area (TPSA) is 63.4 Å². The first-order chi connectivity index (χ1) is 8.70. The van der Waals surface area contributed by atoms with Crippen LogP contribution in [-0.2, 0) is 0 Å². The minimum atomic E-state index is -0.325. The third-order valence-electron chi connectivity index (χ3n) is 2.97. The normalized spacial score (nSPS) is 13.2. The van der Waals surface area contributed by atoms with Crippen molar-refractivity contribution in [3.8, 4) is 0 Å². The molecule has 96 valence electrons. The van der Waals surface area contributed by atoms with Gasteiger partial charge in [-0.1, -0.05) is 24.3 Å². The second-order valence-electron chi connectivity index (χ2n) is 4.05. The quantitative estimate of drug-likeness (QED) is 0.540. The molecule has 0 saturated carbocycles. The molecule has 2 amide bonds. The van der Waals surface area contributed by atoms with E-state index < -0.39 is 0 Å². The van der Waals surface area contributed by atoms with E-state index in [1.165, 1.54) is 0 Å². The summed E-state index contributed by atoms with van der Waals surface area (Å²) in [6.07, 6.45) is 0. The summed E-state index contributed by atoms with van der Waals surface area (Å²) in [5.74, 6) is -0.651. The van der Waals surface area contributed by atoms with E-state index in [1.54, 1.807) is 48.5 Å². The third kappa shape index (κ3) is 1.86. The van der Waals surface area contributed by atoms with Gasteiger partial charge in [0.1, 0.15) is 0 Å². The van der Waals surface area contributed by atoms with E-state index in [9.17, 15) is 9.59 Å². The van der Waals surface area contributed by atoms with Crippen LogP contribution in [0.5, 0.6) is 0 Å². The highest BCUT2D eigenvalue weighted by Crippen LogP contribution is 2.31. The summed E-state index contributed by atoms with van der Waals surface area (Å²) in [4.78, 5) is 25.5. The predicted octanol–water partition coefficient (Wildman–Crippen LogP) is -0.927. The van der Waals surface area contributed by atoms with E-state index >= 15 is 0 Å². The number of fused-ring (bicyclic) bond motifs is 1. The summed E-state index contributed by atoms with van der Waals surface area (Å²) in [6.45, 7) is 0. The Hall–Kier alpha value is -2.33. The van der Waals surface area contributed by atoms with Crippen LogP contribution in [0.2, 0.25) is 0 Å². The molecule has 0 aromatic heterocycles. The van der Waals surface area contributed by atoms with Crippen molar-refractivity contribution in [3.63, 3.8) is 0 Å². The number of benzene rings is 2. The molecular weight excluding hydrogens is 264 g/mol. The fraction of sp³-hybridized carbons (Fsp3) is 0. The molecule has 2 N–H and O–H groups in total. The Labute approximate surface area is 116 Å². The van der Waals surface area contributed by atoms with Crippen LogP contribution in [0.25, 0.3) is 0 Å². The Morgan fingerprint density at radius 1 is 0.789 bits per heavy atom. The molecule has 0 spiro atoms. The van der Waals surface area contributed by atoms with Crippen molar-refractivity contribution in [3.05, 3.63) is 59.7 Å². The van der Waals surface area contributed by atoms with E-state index in [0.717, 1.165) is 4.90 Å². The number of nitrogens with zero attached hydrogens (tertiary/aromatic N) is 1. The number of hydrogen-bond acceptors (Lipinski definition) is 3. The van der Waals surface area contributed by atoms with Crippen LogP contribution in [0.4, 0.5) is 11.4 Å². The lowest BCUT2D eigenvalue weighted by Crippen LogP contribution is -3.00. The number of para-hydroxylation sites is 2. The number of amides is 2. The van der Waals surface area contributed by atoms with Crippen LogP contribution in [-0.4, -0.2) is 11.8 Å². The molecule has 1 aliphatic heterocycles. The molecule has 19 heavy (non-hydrogen) atoms. The van der Waals surface area contributed by atoms with Gasteiger partial charge in [-0.15, -0.1) is 0 Å². The Morgan fingerprint density at radius 3 is 1.79 bits per heavy atom. The molecule has 0 bridgehead atoms. The van der Waals surface area contributed by atoms with Gasteiger partial charge in [0.15, 0.2) is 0 Å². The van der Waals surface area contributed by atoms with Gasteiger partial charge in [-0.25, -0.2) is 4.90 Å². The number of hydrogen-bond donors (Lipinski definition) is 1. The largest absolute Gasteiger partial charge is 1.00 e. The fourth-order valence-corrected chi connectivity index (χ4v) is 2.10. The Kier molecular flexibility index (Phi) is 3.27. The van der Waals surface area contributed by atoms with Crippen molar-refractivity contribution < 1.29 is 22.0 Å². The molecule has 0 atom stereocenters. The van der Waals surface area contributed by atoms with E-state index in [-0.39, 0.29) is 24.2 Å². The van der Waals surface area contributed by atoms with Gasteiger partial charge in [-0.2, -0.15) is 0 Å². The molecule has 1 aliphatic rings. The maximum atomic E-state index is 12.2. The molecule has 0 unspecified atom stereocenters. The van der Waals surface area contributed by atoms with Gasteiger partial charge in [0.25, 0.3) is 11.8 Å². The van der Waals surface area contributed by atoms with Crippen molar-refractivity contribution in [1.29, 1.82) is 0 Å². The second kappa shape index (κ2) is 4.74. The number of nitrogens with two attached hydrogens (primary N) is 1. The average Bonchev–Trinajstić information content (AvgIpc) is 2.64. The maximum absolute atomic E-state index is 12.2. The summed E-state index contributed by atoms with van der Waals surface area (Å²) in [5.41, 5.74) is 7.50. The van der Waals surface area contributed by atoms with Crippen molar-refractivity contribution in [2.24, 2.45) is 0 Å². The summed E-state index contributed by atoms with van der Waals surface area (Å²) < 4.78 is 0. The maximum Gasteiger partial charge on any atom is 0.266 e. The van der Waals surface area contributed by atoms with Crippen molar-refractivity contribution in [2.45, 2.75) is 0 Å². The first-order valence-electron chi connectivity index (χ1n) is 5.52. The lowest BCUT2D eigenvalue weighted by atomic mass is 10.1. The van der Waals surface area contributed by atoms with E-state index in [4.69, 9.17) is 5.73 Å². The second-order valence-corrected chi connectivity index (χ2v) is 4.05. The summed E-state index contributed by atoms with van der Waals surface area (Å²) in [5, 5.41) is 0. The molecule has 0 radical (unpaired) electrons. The zero-order valence-electron chi connectivity index (χ0n) is 9.84. The minimum absolute atomic E-state index is 0. The summed E-state index contributed by atoms with van der Waals surface area (Å²) in [7, 11) is 0. The van der Waals surface area contributed by atoms with Crippen LogP contribution >= 0.6 is 0 Å². The van der Waals surface area contributed by atoms with Crippen LogP contribution < -0.4 is 23.0 Å². The van der Waals surface area contributed by atoms with Gasteiger partial charge < -0.3 is 18.1 Å². The lowest BCUT2D eigenvalue weighted by Gasteiger charge is -2.15. The van der Waals surface area contributed by atoms with Gasteiger partial charge in [-0.05, 0) is 24.3 Å². The number of carbonyl (C=O) groups is 2. The van der Waals surface area contributed by atoms with E-state index in [1.807, 2.05) is 0 Å². The number of halogens is 1. The molecule has 1 heterocycles. The Balaban J connectivity index is 0.00000133. The van der Waals surface area contributed by atoms with Gasteiger partial charge in [-0.3, -0.25) is 9.59 Å². The first kappa shape index (κ1) is 13.1. The summed E-state index contributed by atoms with van der Waals surface area (Å²) >= 11 is 0. The first-order valence-corrected chi connectivity index (χ1v) is 5.52. The molecule has 0 saturated heterocycles. The fourth-order valence-electron chi connectivity index (χ4n) is 2.10. The number of imide groups is 1. The molecule has 2 aromatic rings. The molecule has 0 aliphatic carbocycles. The third-order valence-corrected chi connectivity index (χ3v) is 2.97. The number of rotatable bonds is 1. The number of carbonyl (C=O) groups excluding carboxylic acids is 2. The lowest BCUT2D eigenvalue weighted by molar-refractivity contribution is -0.0000201. The smallest absolute Gasteiger partial charge is 0.266 e. The molecular formula is C14H10ClN2O2-. The van der Waals surface area contributed by atoms with Crippen LogP contribution in [0, 0.1) is 0 Å². The number of nitrogen functional groups attached to an aromatic ring is 1. The zero-order valence-corrected chi connectivity index (χ0v) is 10.6. The van der Waals surface area contributed by atoms with Crippen molar-refractivity contribution in [2.75, 3.05) is 10.6 Å². The van der Waals surface area contributed by atoms with E-state index in [2.05, 4.69) is 0 Å². The molecule has 3 rings (SSSR count). The monoisotopic (exact) mass is 273 g/mol. The Morgan fingerprint density at radius 2 is 1.26 bits per heavy atom. The molecule has 0 fully saturated rings. The molecule has 5 heteroatoms. The van der Waals surface area contributed by atoms with Crippen LogP contribution in [0.1, 0.15) is 20.7 Å². The minimum Gasteiger partial charge on any atom is -1.00 e. The van der Waals surface area contributed by atoms with Crippen molar-refractivity contribution in [1.82, 2.24) is 0 Å². The van der Waals surface area contributed by atoms with E-state index in [0.29, 0.717) is 22.5 Å². The van der Waals surface area contributed by atoms with Gasteiger partial charge in [0, 0.05) is 0 Å². The predicted molar refractivity (Wildman–Crippen MR) is 68.4 cm³/mol. The van der Waals surface area contributed by atoms with Gasteiger partial charge in [0.05, 0.1) is 22.5 Å². The highest BCUT2D eigenvalue weighted by Gasteiger charge is 2.36. The van der Waals surface area contributed by atoms with Crippen LogP contribution in [0.15, 0.2) is 48.5 Å². The zero-order chi connectivity index (χ0) is 12.7. The van der Waals surface area contributed by atoms with Crippen LogP contribution in [0.3, 0.4) is 0 Å². The SMILES string of the molecule is Nc1ccccc1N1C(=O)c2ccccc2C1=O.[Cl-]. The van der Waals surface area contributed by atoms with Gasteiger partial charge >= 0.3 is 0 Å².